The van der Waals surface area contributed by atoms with Crippen molar-refractivity contribution in [2.75, 3.05) is 18.4 Å². The molecule has 0 radical (unpaired) electrons. The van der Waals surface area contributed by atoms with Crippen LogP contribution in [0.2, 0.25) is 0 Å². The molecule has 0 atom stereocenters. The number of esters is 1. The highest BCUT2D eigenvalue weighted by Crippen LogP contribution is 2.25. The predicted octanol–water partition coefficient (Wildman–Crippen LogP) is 3.55. The monoisotopic (exact) mass is 484 g/mol. The van der Waals surface area contributed by atoms with Crippen LogP contribution < -0.4 is 5.32 Å². The van der Waals surface area contributed by atoms with Crippen molar-refractivity contribution in [1.29, 1.82) is 0 Å². The molecule has 1 aliphatic rings. The molecule has 2 heterocycles. The number of aromatic nitrogens is 2. The van der Waals surface area contributed by atoms with Crippen LogP contribution in [-0.2, 0) is 32.7 Å². The smallest absolute Gasteiger partial charge is 0.338 e. The van der Waals surface area contributed by atoms with E-state index in [9.17, 15) is 18.0 Å². The summed E-state index contributed by atoms with van der Waals surface area (Å²) in [6, 6.07) is 11.4. The summed E-state index contributed by atoms with van der Waals surface area (Å²) in [6.07, 6.45) is 2.79. The van der Waals surface area contributed by atoms with Crippen LogP contribution >= 0.6 is 0 Å². The van der Waals surface area contributed by atoms with Gasteiger partial charge in [-0.1, -0.05) is 6.42 Å². The molecular weight excluding hydrogens is 456 g/mol. The second-order valence-electron chi connectivity index (χ2n) is 8.22. The number of rotatable bonds is 7. The molecule has 0 unspecified atom stereocenters. The number of amides is 1. The lowest BCUT2D eigenvalue weighted by Gasteiger charge is -2.25. The molecule has 0 spiro atoms. The predicted molar refractivity (Wildman–Crippen MR) is 128 cm³/mol. The van der Waals surface area contributed by atoms with Gasteiger partial charge in [-0.2, -0.15) is 4.31 Å². The third kappa shape index (κ3) is 4.97. The van der Waals surface area contributed by atoms with E-state index in [4.69, 9.17) is 4.74 Å². The number of hydrogen-bond acceptors (Lipinski definition) is 6. The van der Waals surface area contributed by atoms with Gasteiger partial charge in [0.25, 0.3) is 0 Å². The largest absolute Gasteiger partial charge is 0.454 e. The van der Waals surface area contributed by atoms with Crippen LogP contribution in [0.4, 0.5) is 5.69 Å². The maximum Gasteiger partial charge on any atom is 0.338 e. The number of piperidine rings is 1. The summed E-state index contributed by atoms with van der Waals surface area (Å²) in [6.45, 7) is 4.98. The standard InChI is InChI=1S/C24H28N4O5S/c1-3-28-22-12-11-20(34(31,32)27-13-5-4-6-14-27)15-21(22)26-23(28)16-33-24(30)18-7-9-19(10-8-18)25-17(2)29/h7-12,15H,3-6,13-14,16H2,1-2H3,(H,25,29). The van der Waals surface area contributed by atoms with E-state index >= 15 is 0 Å². The summed E-state index contributed by atoms with van der Waals surface area (Å²) in [4.78, 5) is 28.4. The van der Waals surface area contributed by atoms with Crippen LogP contribution in [0.5, 0.6) is 0 Å². The molecule has 4 rings (SSSR count). The Kier molecular flexibility index (Phi) is 6.99. The van der Waals surface area contributed by atoms with E-state index in [1.165, 1.54) is 11.2 Å². The molecule has 2 aromatic carbocycles. The Balaban J connectivity index is 1.52. The van der Waals surface area contributed by atoms with Gasteiger partial charge in [0.1, 0.15) is 12.4 Å². The SMILES string of the molecule is CCn1c(COC(=O)c2ccc(NC(C)=O)cc2)nc2cc(S(=O)(=O)N3CCCCC3)ccc21. The summed E-state index contributed by atoms with van der Waals surface area (Å²) < 4.78 is 35.0. The van der Waals surface area contributed by atoms with Crippen molar-refractivity contribution in [3.63, 3.8) is 0 Å². The number of carbonyl (C=O) groups is 2. The topological polar surface area (TPSA) is 111 Å². The van der Waals surface area contributed by atoms with Crippen molar-refractivity contribution in [2.24, 2.45) is 0 Å². The van der Waals surface area contributed by atoms with Crippen LogP contribution in [0, 0.1) is 0 Å². The number of benzene rings is 2. The van der Waals surface area contributed by atoms with Gasteiger partial charge in [0.05, 0.1) is 21.5 Å². The first-order valence-electron chi connectivity index (χ1n) is 11.3. The number of anilines is 1. The molecule has 1 saturated heterocycles. The second-order valence-corrected chi connectivity index (χ2v) is 10.2. The Bertz CT molecular complexity index is 1310. The number of sulfonamides is 1. The van der Waals surface area contributed by atoms with Crippen LogP contribution in [0.1, 0.15) is 49.3 Å². The van der Waals surface area contributed by atoms with E-state index in [0.29, 0.717) is 42.2 Å². The molecule has 1 fully saturated rings. The van der Waals surface area contributed by atoms with E-state index in [1.54, 1.807) is 42.5 Å². The lowest BCUT2D eigenvalue weighted by Crippen LogP contribution is -2.35. The van der Waals surface area contributed by atoms with Crippen molar-refractivity contribution < 1.29 is 22.7 Å². The van der Waals surface area contributed by atoms with Gasteiger partial charge in [0.2, 0.25) is 15.9 Å². The molecule has 10 heteroatoms. The maximum atomic E-state index is 13.0. The summed E-state index contributed by atoms with van der Waals surface area (Å²) in [5, 5.41) is 2.64. The minimum absolute atomic E-state index is 0.0526. The second kappa shape index (κ2) is 9.94. The molecule has 0 aliphatic carbocycles. The molecule has 0 bridgehead atoms. The van der Waals surface area contributed by atoms with Crippen molar-refractivity contribution in [1.82, 2.24) is 13.9 Å². The average molecular weight is 485 g/mol. The average Bonchev–Trinajstić information content (AvgIpc) is 3.20. The fourth-order valence-corrected chi connectivity index (χ4v) is 5.68. The highest BCUT2D eigenvalue weighted by Gasteiger charge is 2.26. The Morgan fingerprint density at radius 3 is 2.41 bits per heavy atom. The van der Waals surface area contributed by atoms with Crippen molar-refractivity contribution in [2.45, 2.75) is 51.2 Å². The fourth-order valence-electron chi connectivity index (χ4n) is 4.14. The lowest BCUT2D eigenvalue weighted by atomic mass is 10.2. The quantitative estimate of drug-likeness (QED) is 0.514. The van der Waals surface area contributed by atoms with Gasteiger partial charge < -0.3 is 14.6 Å². The summed E-state index contributed by atoms with van der Waals surface area (Å²) in [7, 11) is -3.56. The Morgan fingerprint density at radius 2 is 1.76 bits per heavy atom. The molecule has 34 heavy (non-hydrogen) atoms. The first-order valence-corrected chi connectivity index (χ1v) is 12.8. The van der Waals surface area contributed by atoms with Crippen LogP contribution in [0.25, 0.3) is 11.0 Å². The number of ether oxygens (including phenoxy) is 1. The molecule has 1 aliphatic heterocycles. The van der Waals surface area contributed by atoms with E-state index < -0.39 is 16.0 Å². The summed E-state index contributed by atoms with van der Waals surface area (Å²) in [5.74, 6) is -0.175. The third-order valence-electron chi connectivity index (χ3n) is 5.84. The summed E-state index contributed by atoms with van der Waals surface area (Å²) in [5.41, 5.74) is 2.27. The van der Waals surface area contributed by atoms with Gasteiger partial charge >= 0.3 is 5.97 Å². The number of nitrogens with one attached hydrogen (secondary N) is 1. The fraction of sp³-hybridized carbons (Fsp3) is 0.375. The summed E-state index contributed by atoms with van der Waals surface area (Å²) >= 11 is 0. The molecule has 0 saturated carbocycles. The molecule has 9 nitrogen and oxygen atoms in total. The van der Waals surface area contributed by atoms with Gasteiger partial charge in [-0.3, -0.25) is 4.79 Å². The number of fused-ring (bicyclic) bond motifs is 1. The van der Waals surface area contributed by atoms with E-state index in [1.807, 2.05) is 11.5 Å². The Labute approximate surface area is 198 Å². The molecule has 3 aromatic rings. The molecule has 1 aromatic heterocycles. The Morgan fingerprint density at radius 1 is 1.06 bits per heavy atom. The maximum absolute atomic E-state index is 13.0. The van der Waals surface area contributed by atoms with Crippen LogP contribution in [0.15, 0.2) is 47.4 Å². The van der Waals surface area contributed by atoms with Gasteiger partial charge in [0, 0.05) is 32.2 Å². The molecule has 1 N–H and O–H groups in total. The zero-order valence-corrected chi connectivity index (χ0v) is 20.1. The zero-order valence-electron chi connectivity index (χ0n) is 19.3. The zero-order chi connectivity index (χ0) is 24.3. The van der Waals surface area contributed by atoms with Crippen LogP contribution in [0.3, 0.4) is 0 Å². The lowest BCUT2D eigenvalue weighted by molar-refractivity contribution is -0.114. The van der Waals surface area contributed by atoms with E-state index in [-0.39, 0.29) is 17.4 Å². The van der Waals surface area contributed by atoms with Crippen molar-refractivity contribution in [3.05, 3.63) is 53.9 Å². The third-order valence-corrected chi connectivity index (χ3v) is 7.74. The highest BCUT2D eigenvalue weighted by atomic mass is 32.2. The molecule has 180 valence electrons. The van der Waals surface area contributed by atoms with Crippen molar-refractivity contribution in [3.8, 4) is 0 Å². The van der Waals surface area contributed by atoms with Gasteiger partial charge in [-0.15, -0.1) is 0 Å². The molecular formula is C24H28N4O5S. The first kappa shape index (κ1) is 23.9. The Hall–Kier alpha value is -3.24. The van der Waals surface area contributed by atoms with E-state index in [2.05, 4.69) is 10.3 Å². The first-order chi connectivity index (χ1) is 16.3. The van der Waals surface area contributed by atoms with Gasteiger partial charge in [0.15, 0.2) is 0 Å². The number of nitrogens with zero attached hydrogens (tertiary/aromatic N) is 3. The number of aryl methyl sites for hydroxylation is 1. The van der Waals surface area contributed by atoms with E-state index in [0.717, 1.165) is 24.8 Å². The number of hydrogen-bond donors (Lipinski definition) is 1. The highest BCUT2D eigenvalue weighted by molar-refractivity contribution is 7.89. The minimum atomic E-state index is -3.56. The number of imidazole rings is 1. The van der Waals surface area contributed by atoms with Crippen molar-refractivity contribution >= 4 is 38.6 Å². The number of carbonyl (C=O) groups excluding carboxylic acids is 2. The normalized spacial score (nSPS) is 14.8. The molecule has 1 amide bonds. The van der Waals surface area contributed by atoms with Gasteiger partial charge in [-0.25, -0.2) is 18.2 Å². The van der Waals surface area contributed by atoms with Crippen LogP contribution in [-0.4, -0.2) is 47.2 Å². The van der Waals surface area contributed by atoms with Gasteiger partial charge in [-0.05, 0) is 62.2 Å². The minimum Gasteiger partial charge on any atom is -0.454 e.